The van der Waals surface area contributed by atoms with E-state index in [2.05, 4.69) is 13.2 Å². The Morgan fingerprint density at radius 1 is 0.0500 bits per heavy atom. The average molecular weight is 1300 g/mol. The fourth-order valence-corrected chi connectivity index (χ4v) is 6.19. The van der Waals surface area contributed by atoms with Crippen molar-refractivity contribution in [2.24, 2.45) is 0 Å². The van der Waals surface area contributed by atoms with Gasteiger partial charge in [-0.05, 0) is 0 Å². The summed E-state index contributed by atoms with van der Waals surface area (Å²) in [6.07, 6.45) is 195. The average Bonchev–Trinajstić information content (AvgIpc) is 3.66. The van der Waals surface area contributed by atoms with Gasteiger partial charge in [-0.25, -0.2) is 0 Å². The molecule has 0 N–H and O–H groups in total. The highest BCUT2D eigenvalue weighted by Crippen LogP contribution is 1.95. The molecule has 0 bridgehead atoms. The van der Waals surface area contributed by atoms with Gasteiger partial charge in [0.25, 0.3) is 0 Å². The molecule has 0 radical (unpaired) electrons. The van der Waals surface area contributed by atoms with Crippen LogP contribution in [0.15, 0.2) is 609 Å². The molecule has 0 saturated heterocycles. The molecule has 0 unspecified atom stereocenters. The van der Waals surface area contributed by atoms with Crippen LogP contribution in [0.2, 0.25) is 0 Å². The van der Waals surface area contributed by atoms with Crippen LogP contribution in [0.4, 0.5) is 0 Å². The summed E-state index contributed by atoms with van der Waals surface area (Å²) in [4.78, 5) is 0. The molecule has 502 valence electrons. The molecule has 0 aliphatic rings. The van der Waals surface area contributed by atoms with Crippen molar-refractivity contribution in [3.63, 3.8) is 0 Å². The zero-order valence-electron chi connectivity index (χ0n) is 58.0. The summed E-state index contributed by atoms with van der Waals surface area (Å²) in [6, 6.07) is 0. The van der Waals surface area contributed by atoms with Crippen LogP contribution >= 0.6 is 0 Å². The molecule has 0 aliphatic carbocycles. The van der Waals surface area contributed by atoms with Gasteiger partial charge in [0.2, 0.25) is 0 Å². The quantitative estimate of drug-likeness (QED) is 0.0533. The predicted octanol–water partition coefficient (Wildman–Crippen LogP) is 28.1. The minimum Gasteiger partial charge on any atom is -0.0991 e. The molecular formula is C100H102. The monoisotopic (exact) mass is 1300 g/mol. The van der Waals surface area contributed by atoms with E-state index < -0.39 is 0 Å². The molecule has 0 aromatic heterocycles. The van der Waals surface area contributed by atoms with Crippen LogP contribution in [-0.4, -0.2) is 0 Å². The summed E-state index contributed by atoms with van der Waals surface area (Å²) in [5.74, 6) is 0. The molecule has 0 aliphatic heterocycles. The molecule has 0 atom stereocenters. The van der Waals surface area contributed by atoms with Crippen molar-refractivity contribution >= 4 is 0 Å². The predicted molar refractivity (Wildman–Crippen MR) is 459 cm³/mol. The molecule has 0 fully saturated rings. The molecule has 0 nitrogen and oxygen atoms in total. The lowest BCUT2D eigenvalue weighted by molar-refractivity contribution is 1.81. The third-order valence-corrected chi connectivity index (χ3v) is 10.8. The maximum atomic E-state index is 3.63. The van der Waals surface area contributed by atoms with Gasteiger partial charge in [-0.2, -0.15) is 0 Å². The molecule has 0 aromatic rings. The molecular weight excluding hydrogens is 1200 g/mol. The lowest BCUT2D eigenvalue weighted by atomic mass is 10.3. The largest absolute Gasteiger partial charge is 0.0991 e. The van der Waals surface area contributed by atoms with E-state index in [1.165, 1.54) is 0 Å². The van der Waals surface area contributed by atoms with Crippen molar-refractivity contribution in [2.45, 2.75) is 0 Å². The summed E-state index contributed by atoms with van der Waals surface area (Å²) < 4.78 is 0. The Hall–Kier alpha value is -13.0. The van der Waals surface area contributed by atoms with Crippen LogP contribution in [0.25, 0.3) is 0 Å². The van der Waals surface area contributed by atoms with Crippen molar-refractivity contribution < 1.29 is 0 Å². The Balaban J connectivity index is 4.12. The first-order valence-electron chi connectivity index (χ1n) is 33.1. The van der Waals surface area contributed by atoms with Crippen molar-refractivity contribution in [3.8, 4) is 0 Å². The van der Waals surface area contributed by atoms with Crippen LogP contribution in [0.1, 0.15) is 0 Å². The first-order valence-corrected chi connectivity index (χ1v) is 33.1. The second-order valence-electron chi connectivity index (χ2n) is 18.9. The standard InChI is InChI=1S/C100H102/c1-3-5-7-9-11-13-15-17-19-21-23-25-27-29-31-33-35-37-39-41-43-45-47-49-51-53-55-57-59-61-63-65-67-69-71-73-75-77-79-81-83-85-87-89-91-93-95-97-99-100-98-96-94-92-90-88-86-84-82-80-78-76-74-72-70-68-66-64-62-60-58-56-54-52-50-48-46-44-42-40-38-36-34-32-30-28-26-24-22-20-18-16-14-12-10-8-6-4-2/h3-100H,1-2H2. The molecule has 0 heteroatoms. The second kappa shape index (κ2) is 86.0. The van der Waals surface area contributed by atoms with Crippen molar-refractivity contribution in [2.75, 3.05) is 0 Å². The van der Waals surface area contributed by atoms with E-state index in [-0.39, 0.29) is 0 Å². The zero-order chi connectivity index (χ0) is 71.3. The van der Waals surface area contributed by atoms with Crippen molar-refractivity contribution in [3.05, 3.63) is 609 Å². The van der Waals surface area contributed by atoms with E-state index in [1.807, 2.05) is 583 Å². The lowest BCUT2D eigenvalue weighted by Crippen LogP contribution is -1.55. The van der Waals surface area contributed by atoms with E-state index >= 15 is 0 Å². The Morgan fingerprint density at radius 3 is 0.110 bits per heavy atom. The van der Waals surface area contributed by atoms with Gasteiger partial charge in [-0.3, -0.25) is 0 Å². The van der Waals surface area contributed by atoms with Gasteiger partial charge >= 0.3 is 0 Å². The topological polar surface area (TPSA) is 0 Å². The van der Waals surface area contributed by atoms with Crippen LogP contribution in [0.5, 0.6) is 0 Å². The highest BCUT2D eigenvalue weighted by Gasteiger charge is 1.74. The molecule has 0 amide bonds. The Kier molecular flexibility index (Phi) is 74.8. The molecule has 0 spiro atoms. The Morgan fingerprint density at radius 2 is 0.0800 bits per heavy atom. The lowest BCUT2D eigenvalue weighted by Gasteiger charge is -1.77. The maximum Gasteiger partial charge on any atom is -0.0623 e. The van der Waals surface area contributed by atoms with Gasteiger partial charge in [-0.15, -0.1) is 0 Å². The third kappa shape index (κ3) is 85.0. The van der Waals surface area contributed by atoms with Crippen LogP contribution in [-0.2, 0) is 0 Å². The number of rotatable bonds is 49. The van der Waals surface area contributed by atoms with Gasteiger partial charge < -0.3 is 0 Å². The van der Waals surface area contributed by atoms with Gasteiger partial charge in [0.1, 0.15) is 0 Å². The highest BCUT2D eigenvalue weighted by atomic mass is 13.8. The number of hydrogen-bond donors (Lipinski definition) is 0. The van der Waals surface area contributed by atoms with Crippen LogP contribution in [0, 0.1) is 0 Å². The third-order valence-electron chi connectivity index (χ3n) is 10.8. The second-order valence-corrected chi connectivity index (χ2v) is 18.9. The van der Waals surface area contributed by atoms with Crippen molar-refractivity contribution in [1.82, 2.24) is 0 Å². The molecule has 0 rings (SSSR count). The van der Waals surface area contributed by atoms with E-state index in [1.54, 1.807) is 12.2 Å². The van der Waals surface area contributed by atoms with Crippen molar-refractivity contribution in [1.29, 1.82) is 0 Å². The van der Waals surface area contributed by atoms with Gasteiger partial charge in [-0.1, -0.05) is 609 Å². The van der Waals surface area contributed by atoms with Gasteiger partial charge in [0, 0.05) is 0 Å². The summed E-state index contributed by atoms with van der Waals surface area (Å²) in [7, 11) is 0. The first-order chi connectivity index (χ1) is 49.9. The fraction of sp³-hybridized carbons (Fsp3) is 0. The number of hydrogen-bond acceptors (Lipinski definition) is 0. The van der Waals surface area contributed by atoms with Crippen LogP contribution < -0.4 is 0 Å². The van der Waals surface area contributed by atoms with Crippen LogP contribution in [0.3, 0.4) is 0 Å². The summed E-state index contributed by atoms with van der Waals surface area (Å²) in [6.45, 7) is 7.27. The SMILES string of the molecule is C=CC=CC=CC=CC=CC=CC=CC=CC=CC=CC=CC=CC=CC=CC=CC=CC=CC=CC=CC=CC=CC=CC=CC=CC=CC=CC=CC=CC=CC=CC=CC=CC=CC=CC=CC=CC=CC=CC=CC=CC=CC=CC=CC=CC=CC=CC=CC=CC=CC=C. The van der Waals surface area contributed by atoms with Gasteiger partial charge in [0.05, 0.1) is 0 Å². The molecule has 100 heavy (non-hydrogen) atoms. The first kappa shape index (κ1) is 87.0. The summed E-state index contributed by atoms with van der Waals surface area (Å²) in [5, 5.41) is 0. The van der Waals surface area contributed by atoms with E-state index in [0.717, 1.165) is 0 Å². The normalized spacial score (nSPS) is 15.6. The molecule has 0 saturated carbocycles. The minimum atomic E-state index is 1.75. The zero-order valence-corrected chi connectivity index (χ0v) is 58.0. The van der Waals surface area contributed by atoms with Gasteiger partial charge in [0.15, 0.2) is 0 Å². The summed E-state index contributed by atoms with van der Waals surface area (Å²) >= 11 is 0. The van der Waals surface area contributed by atoms with E-state index in [0.29, 0.717) is 0 Å². The fourth-order valence-electron chi connectivity index (χ4n) is 6.19. The maximum absolute atomic E-state index is 3.63. The molecule has 0 heterocycles. The van der Waals surface area contributed by atoms with E-state index in [9.17, 15) is 0 Å². The Bertz CT molecular complexity index is 3470. The number of allylic oxidation sites excluding steroid dienone is 98. The summed E-state index contributed by atoms with van der Waals surface area (Å²) in [5.41, 5.74) is 0. The minimum absolute atomic E-state index is 1.75. The molecule has 0 aromatic carbocycles. The highest BCUT2D eigenvalue weighted by molar-refractivity contribution is 5.31. The smallest absolute Gasteiger partial charge is 0.0623 e. The van der Waals surface area contributed by atoms with E-state index in [4.69, 9.17) is 0 Å². The Labute approximate surface area is 604 Å².